The molecular formula is C12H13O2P. The summed E-state index contributed by atoms with van der Waals surface area (Å²) in [7, 11) is -2.39. The molecule has 2 rings (SSSR count). The number of benzene rings is 1. The lowest BCUT2D eigenvalue weighted by Crippen LogP contribution is -2.14. The van der Waals surface area contributed by atoms with Crippen molar-refractivity contribution in [2.75, 3.05) is 6.16 Å². The summed E-state index contributed by atoms with van der Waals surface area (Å²) in [5, 5.41) is 0.891. The summed E-state index contributed by atoms with van der Waals surface area (Å²) in [6.45, 7) is 0. The Labute approximate surface area is 89.4 Å². The maximum absolute atomic E-state index is 12.7. The average molecular weight is 220 g/mol. The van der Waals surface area contributed by atoms with E-state index >= 15 is 0 Å². The number of hydrogen-bond acceptors (Lipinski definition) is 2. The van der Waals surface area contributed by atoms with E-state index in [9.17, 15) is 9.36 Å². The van der Waals surface area contributed by atoms with Crippen LogP contribution in [0.5, 0.6) is 0 Å². The summed E-state index contributed by atoms with van der Waals surface area (Å²) in [5.41, 5.74) is -0.0857. The number of carbonyl (C=O) groups excluding carboxylic acids is 1. The van der Waals surface area contributed by atoms with Gasteiger partial charge in [0.15, 0.2) is 0 Å². The Morgan fingerprint density at radius 2 is 2.07 bits per heavy atom. The molecule has 0 saturated heterocycles. The van der Waals surface area contributed by atoms with Crippen LogP contribution in [-0.2, 0) is 9.36 Å². The van der Waals surface area contributed by atoms with Crippen LogP contribution in [0.4, 0.5) is 0 Å². The molecule has 0 fully saturated rings. The summed E-state index contributed by atoms with van der Waals surface area (Å²) in [6, 6.07) is 9.49. The fourth-order valence-electron chi connectivity index (χ4n) is 1.97. The van der Waals surface area contributed by atoms with E-state index in [1.807, 2.05) is 42.5 Å². The van der Waals surface area contributed by atoms with Gasteiger partial charge in [-0.05, 0) is 0 Å². The highest BCUT2D eigenvalue weighted by atomic mass is 31.2. The molecule has 2 atom stereocenters. The first-order valence-corrected chi connectivity index (χ1v) is 6.98. The van der Waals surface area contributed by atoms with Gasteiger partial charge >= 0.3 is 0 Å². The molecule has 2 nitrogen and oxygen atoms in total. The van der Waals surface area contributed by atoms with Gasteiger partial charge in [0, 0.05) is 23.5 Å². The number of hydrogen-bond donors (Lipinski definition) is 0. The summed E-state index contributed by atoms with van der Waals surface area (Å²) < 4.78 is 12.7. The zero-order valence-electron chi connectivity index (χ0n) is 8.37. The Bertz CT molecular complexity index is 423. The Hall–Kier alpha value is -1.14. The lowest BCUT2D eigenvalue weighted by atomic mass is 10.3. The van der Waals surface area contributed by atoms with Gasteiger partial charge in [0.2, 0.25) is 0 Å². The smallest absolute Gasteiger partial charge is 0.126 e. The van der Waals surface area contributed by atoms with Crippen molar-refractivity contribution < 1.29 is 9.36 Å². The highest BCUT2D eigenvalue weighted by molar-refractivity contribution is 7.73. The van der Waals surface area contributed by atoms with E-state index in [4.69, 9.17) is 0 Å². The maximum Gasteiger partial charge on any atom is 0.126 e. The summed E-state index contributed by atoms with van der Waals surface area (Å²) in [5.74, 6) is 0. The van der Waals surface area contributed by atoms with Crippen LogP contribution >= 0.6 is 7.14 Å². The molecule has 15 heavy (non-hydrogen) atoms. The van der Waals surface area contributed by atoms with Crippen molar-refractivity contribution in [1.82, 2.24) is 0 Å². The molecule has 0 amide bonds. The van der Waals surface area contributed by atoms with E-state index in [2.05, 4.69) is 0 Å². The molecule has 1 heterocycles. The Balaban J connectivity index is 2.35. The Morgan fingerprint density at radius 1 is 1.33 bits per heavy atom. The zero-order chi connectivity index (χ0) is 10.7. The van der Waals surface area contributed by atoms with E-state index in [0.29, 0.717) is 12.6 Å². The molecule has 1 aliphatic heterocycles. The van der Waals surface area contributed by atoms with Gasteiger partial charge < -0.3 is 9.36 Å². The molecule has 1 aromatic carbocycles. The SMILES string of the molecule is O=CC[C@@H]1C=CC[P@@]1(=O)c1ccccc1. The first-order valence-electron chi connectivity index (χ1n) is 5.02. The van der Waals surface area contributed by atoms with Crippen LogP contribution in [0.25, 0.3) is 0 Å². The van der Waals surface area contributed by atoms with Crippen LogP contribution in [-0.4, -0.2) is 18.1 Å². The normalized spacial score (nSPS) is 29.2. The van der Waals surface area contributed by atoms with Gasteiger partial charge in [0.25, 0.3) is 0 Å². The van der Waals surface area contributed by atoms with Crippen LogP contribution in [0, 0.1) is 0 Å². The van der Waals surface area contributed by atoms with Gasteiger partial charge in [-0.15, -0.1) is 0 Å². The molecule has 0 unspecified atom stereocenters. The quantitative estimate of drug-likeness (QED) is 0.444. The number of rotatable bonds is 3. The summed E-state index contributed by atoms with van der Waals surface area (Å²) in [6.07, 6.45) is 5.66. The fourth-order valence-corrected chi connectivity index (χ4v) is 4.78. The Kier molecular flexibility index (Phi) is 2.88. The number of allylic oxidation sites excluding steroid dienone is 2. The second kappa shape index (κ2) is 4.16. The predicted octanol–water partition coefficient (Wildman–Crippen LogP) is 2.20. The third-order valence-electron chi connectivity index (χ3n) is 2.80. The monoisotopic (exact) mass is 220 g/mol. The van der Waals surface area contributed by atoms with Crippen molar-refractivity contribution in [2.24, 2.45) is 0 Å². The molecule has 3 heteroatoms. The third kappa shape index (κ3) is 1.82. The third-order valence-corrected chi connectivity index (χ3v) is 6.18. The maximum atomic E-state index is 12.7. The fraction of sp³-hybridized carbons (Fsp3) is 0.250. The van der Waals surface area contributed by atoms with E-state index < -0.39 is 7.14 Å². The predicted molar refractivity (Wildman–Crippen MR) is 62.2 cm³/mol. The minimum Gasteiger partial charge on any atom is -0.318 e. The van der Waals surface area contributed by atoms with Crippen LogP contribution in [0.3, 0.4) is 0 Å². The molecule has 0 saturated carbocycles. The van der Waals surface area contributed by atoms with Gasteiger partial charge in [0.1, 0.15) is 13.4 Å². The zero-order valence-corrected chi connectivity index (χ0v) is 9.27. The molecule has 0 N–H and O–H groups in total. The first-order chi connectivity index (χ1) is 7.27. The first kappa shape index (κ1) is 10.4. The number of aldehydes is 1. The van der Waals surface area contributed by atoms with Gasteiger partial charge in [-0.25, -0.2) is 0 Å². The molecule has 0 bridgehead atoms. The molecule has 78 valence electrons. The second-order valence-electron chi connectivity index (χ2n) is 3.71. The number of carbonyl (C=O) groups is 1. The van der Waals surface area contributed by atoms with Crippen LogP contribution in [0.1, 0.15) is 6.42 Å². The van der Waals surface area contributed by atoms with Crippen LogP contribution < -0.4 is 5.30 Å². The highest BCUT2D eigenvalue weighted by Crippen LogP contribution is 2.54. The van der Waals surface area contributed by atoms with Crippen molar-refractivity contribution in [2.45, 2.75) is 12.1 Å². The van der Waals surface area contributed by atoms with Crippen molar-refractivity contribution in [3.05, 3.63) is 42.5 Å². The van der Waals surface area contributed by atoms with E-state index in [-0.39, 0.29) is 5.66 Å². The topological polar surface area (TPSA) is 34.1 Å². The lowest BCUT2D eigenvalue weighted by Gasteiger charge is -2.18. The molecule has 1 aromatic rings. The Morgan fingerprint density at radius 3 is 2.73 bits per heavy atom. The van der Waals surface area contributed by atoms with Gasteiger partial charge in [0.05, 0.1) is 0 Å². The lowest BCUT2D eigenvalue weighted by molar-refractivity contribution is -0.107. The molecule has 0 aromatic heterocycles. The van der Waals surface area contributed by atoms with Crippen molar-refractivity contribution in [1.29, 1.82) is 0 Å². The standard InChI is InChI=1S/C12H13O2P/c13-9-8-12-7-4-10-15(12,14)11-5-2-1-3-6-11/h1-7,9,12H,8,10H2/t12-,15+/m0/s1. The van der Waals surface area contributed by atoms with Crippen LogP contribution in [0.2, 0.25) is 0 Å². The van der Waals surface area contributed by atoms with Crippen molar-refractivity contribution in [3.8, 4) is 0 Å². The second-order valence-corrected chi connectivity index (χ2v) is 6.85. The van der Waals surface area contributed by atoms with Crippen molar-refractivity contribution >= 4 is 18.7 Å². The minimum absolute atomic E-state index is 0.0857. The summed E-state index contributed by atoms with van der Waals surface area (Å²) >= 11 is 0. The molecule has 0 radical (unpaired) electrons. The van der Waals surface area contributed by atoms with E-state index in [1.54, 1.807) is 0 Å². The molecule has 0 aliphatic carbocycles. The average Bonchev–Trinajstić information content (AvgIpc) is 2.64. The van der Waals surface area contributed by atoms with Crippen LogP contribution in [0.15, 0.2) is 42.5 Å². The van der Waals surface area contributed by atoms with E-state index in [1.165, 1.54) is 0 Å². The minimum atomic E-state index is -2.39. The highest BCUT2D eigenvalue weighted by Gasteiger charge is 2.35. The largest absolute Gasteiger partial charge is 0.318 e. The molecular weight excluding hydrogens is 207 g/mol. The molecule has 0 spiro atoms. The molecule has 1 aliphatic rings. The summed E-state index contributed by atoms with van der Waals surface area (Å²) in [4.78, 5) is 10.5. The van der Waals surface area contributed by atoms with Gasteiger partial charge in [-0.2, -0.15) is 0 Å². The van der Waals surface area contributed by atoms with Crippen molar-refractivity contribution in [3.63, 3.8) is 0 Å². The van der Waals surface area contributed by atoms with Gasteiger partial charge in [-0.1, -0.05) is 42.5 Å². The van der Waals surface area contributed by atoms with Gasteiger partial charge in [-0.3, -0.25) is 0 Å². The van der Waals surface area contributed by atoms with E-state index in [0.717, 1.165) is 11.6 Å².